The predicted molar refractivity (Wildman–Crippen MR) is 98.6 cm³/mol. The number of halogens is 2. The zero-order valence-corrected chi connectivity index (χ0v) is 15.0. The monoisotopic (exact) mass is 394 g/mol. The molecule has 0 aliphatic heterocycles. The molecular formula is C17H16Cl2N4O3. The lowest BCUT2D eigenvalue weighted by Crippen LogP contribution is -2.44. The van der Waals surface area contributed by atoms with Crippen molar-refractivity contribution in [3.63, 3.8) is 0 Å². The molecule has 0 fully saturated rings. The van der Waals surface area contributed by atoms with Gasteiger partial charge in [-0.1, -0.05) is 53.5 Å². The number of primary amides is 1. The summed E-state index contributed by atoms with van der Waals surface area (Å²) in [7, 11) is 0. The van der Waals surface area contributed by atoms with Crippen LogP contribution in [0.25, 0.3) is 0 Å². The number of rotatable bonds is 5. The summed E-state index contributed by atoms with van der Waals surface area (Å²) in [5.74, 6) is -1.15. The Morgan fingerprint density at radius 3 is 2.35 bits per heavy atom. The van der Waals surface area contributed by atoms with Crippen LogP contribution in [0.5, 0.6) is 0 Å². The maximum Gasteiger partial charge on any atom is 0.312 e. The molecule has 2 aromatic rings. The van der Waals surface area contributed by atoms with E-state index >= 15 is 0 Å². The molecule has 0 aliphatic carbocycles. The number of hydrazine groups is 1. The molecule has 2 rings (SSSR count). The van der Waals surface area contributed by atoms with Crippen molar-refractivity contribution in [2.24, 2.45) is 5.73 Å². The summed E-state index contributed by atoms with van der Waals surface area (Å²) in [4.78, 5) is 35.4. The summed E-state index contributed by atoms with van der Waals surface area (Å²) < 4.78 is 0. The molecule has 0 aliphatic rings. The molecule has 0 unspecified atom stereocenters. The summed E-state index contributed by atoms with van der Waals surface area (Å²) >= 11 is 11.8. The third kappa shape index (κ3) is 5.65. The Labute approximate surface area is 159 Å². The first-order chi connectivity index (χ1) is 12.4. The molecule has 0 spiro atoms. The van der Waals surface area contributed by atoms with Gasteiger partial charge in [-0.3, -0.25) is 20.4 Å². The number of amides is 4. The van der Waals surface area contributed by atoms with E-state index in [0.29, 0.717) is 10.6 Å². The van der Waals surface area contributed by atoms with Gasteiger partial charge in [0.05, 0.1) is 23.0 Å². The van der Waals surface area contributed by atoms with Crippen LogP contribution in [0.1, 0.15) is 28.4 Å². The van der Waals surface area contributed by atoms with E-state index in [4.69, 9.17) is 28.9 Å². The highest BCUT2D eigenvalue weighted by atomic mass is 35.5. The van der Waals surface area contributed by atoms with Gasteiger partial charge in [-0.15, -0.1) is 0 Å². The minimum absolute atomic E-state index is 0.120. The molecule has 0 heterocycles. The number of nitrogens with two attached hydrogens (primary N) is 1. The van der Waals surface area contributed by atoms with Crippen LogP contribution in [-0.2, 0) is 4.79 Å². The van der Waals surface area contributed by atoms with Crippen LogP contribution < -0.4 is 21.9 Å². The lowest BCUT2D eigenvalue weighted by Gasteiger charge is -2.18. The summed E-state index contributed by atoms with van der Waals surface area (Å²) in [6, 6.07) is 11.8. The third-order valence-electron chi connectivity index (χ3n) is 3.40. The molecule has 1 atom stereocenters. The van der Waals surface area contributed by atoms with Gasteiger partial charge in [-0.2, -0.15) is 0 Å². The lowest BCUT2D eigenvalue weighted by atomic mass is 10.0. The van der Waals surface area contributed by atoms with E-state index in [9.17, 15) is 14.4 Å². The average Bonchev–Trinajstić information content (AvgIpc) is 2.61. The highest BCUT2D eigenvalue weighted by Gasteiger charge is 2.18. The molecule has 7 nitrogen and oxygen atoms in total. The number of nitrogens with one attached hydrogen (secondary N) is 3. The fraction of sp³-hybridized carbons (Fsp3) is 0.118. The zero-order chi connectivity index (χ0) is 19.1. The van der Waals surface area contributed by atoms with E-state index in [2.05, 4.69) is 16.2 Å². The smallest absolute Gasteiger partial charge is 0.312 e. The molecule has 5 N–H and O–H groups in total. The van der Waals surface area contributed by atoms with Crippen LogP contribution in [0, 0.1) is 0 Å². The van der Waals surface area contributed by atoms with E-state index in [1.54, 1.807) is 36.4 Å². The highest BCUT2D eigenvalue weighted by Crippen LogP contribution is 2.20. The fourth-order valence-electron chi connectivity index (χ4n) is 2.21. The molecule has 0 radical (unpaired) electrons. The Morgan fingerprint density at radius 1 is 1.00 bits per heavy atom. The summed E-state index contributed by atoms with van der Waals surface area (Å²) in [5.41, 5.74) is 10.5. The van der Waals surface area contributed by atoms with Gasteiger partial charge in [0.15, 0.2) is 0 Å². The quantitative estimate of drug-likeness (QED) is 0.584. The molecule has 0 aromatic heterocycles. The standard InChI is InChI=1S/C17H16Cl2N4O3/c18-11-6-7-13(19)12(8-11)16(25)23-22-15(24)9-14(21-17(20)26)10-4-2-1-3-5-10/h1-8,14H,9H2,(H,22,24)(H,23,25)(H3,20,21,26)/t14-/m0/s1. The number of benzene rings is 2. The second kappa shape index (κ2) is 9.07. The van der Waals surface area contributed by atoms with Gasteiger partial charge >= 0.3 is 6.03 Å². The van der Waals surface area contributed by atoms with Crippen molar-refractivity contribution in [1.29, 1.82) is 0 Å². The normalized spacial score (nSPS) is 11.3. The minimum Gasteiger partial charge on any atom is -0.352 e. The van der Waals surface area contributed by atoms with E-state index in [1.807, 2.05) is 0 Å². The van der Waals surface area contributed by atoms with E-state index in [0.717, 1.165) is 0 Å². The SMILES string of the molecule is NC(=O)N[C@@H](CC(=O)NNC(=O)c1cc(Cl)ccc1Cl)c1ccccc1. The molecule has 136 valence electrons. The van der Waals surface area contributed by atoms with Crippen LogP contribution in [0.15, 0.2) is 48.5 Å². The maximum absolute atomic E-state index is 12.1. The molecule has 0 saturated carbocycles. The fourth-order valence-corrected chi connectivity index (χ4v) is 2.59. The number of carbonyl (C=O) groups excluding carboxylic acids is 3. The van der Waals surface area contributed by atoms with Gasteiger partial charge in [-0.25, -0.2) is 4.79 Å². The van der Waals surface area contributed by atoms with Crippen molar-refractivity contribution in [3.8, 4) is 0 Å². The van der Waals surface area contributed by atoms with Crippen molar-refractivity contribution in [2.75, 3.05) is 0 Å². The van der Waals surface area contributed by atoms with Gasteiger partial charge in [0.2, 0.25) is 5.91 Å². The number of hydrogen-bond donors (Lipinski definition) is 4. The Balaban J connectivity index is 1.98. The maximum atomic E-state index is 12.1. The van der Waals surface area contributed by atoms with E-state index in [-0.39, 0.29) is 17.0 Å². The van der Waals surface area contributed by atoms with Crippen molar-refractivity contribution >= 4 is 41.0 Å². The Bertz CT molecular complexity index is 815. The lowest BCUT2D eigenvalue weighted by molar-refractivity contribution is -0.122. The molecule has 0 bridgehead atoms. The molecule has 26 heavy (non-hydrogen) atoms. The topological polar surface area (TPSA) is 113 Å². The first-order valence-electron chi connectivity index (χ1n) is 7.52. The predicted octanol–water partition coefficient (Wildman–Crippen LogP) is 2.55. The minimum atomic E-state index is -0.763. The Morgan fingerprint density at radius 2 is 1.69 bits per heavy atom. The van der Waals surface area contributed by atoms with Gasteiger partial charge in [-0.05, 0) is 23.8 Å². The molecular weight excluding hydrogens is 379 g/mol. The second-order valence-electron chi connectivity index (χ2n) is 5.30. The third-order valence-corrected chi connectivity index (χ3v) is 3.96. The molecule has 2 aromatic carbocycles. The summed E-state index contributed by atoms with van der Waals surface area (Å²) in [6.07, 6.45) is -0.128. The highest BCUT2D eigenvalue weighted by molar-refractivity contribution is 6.35. The van der Waals surface area contributed by atoms with Crippen molar-refractivity contribution < 1.29 is 14.4 Å². The molecule has 0 saturated heterocycles. The number of carbonyl (C=O) groups is 3. The summed E-state index contributed by atoms with van der Waals surface area (Å²) in [6.45, 7) is 0. The molecule has 4 amide bonds. The van der Waals surface area contributed by atoms with Crippen LogP contribution >= 0.6 is 23.2 Å². The largest absolute Gasteiger partial charge is 0.352 e. The van der Waals surface area contributed by atoms with Gasteiger partial charge in [0, 0.05) is 5.02 Å². The van der Waals surface area contributed by atoms with E-state index < -0.39 is 23.9 Å². The summed E-state index contributed by atoms with van der Waals surface area (Å²) in [5, 5.41) is 3.02. The first kappa shape index (κ1) is 19.6. The van der Waals surface area contributed by atoms with Crippen LogP contribution in [0.2, 0.25) is 10.0 Å². The van der Waals surface area contributed by atoms with Crippen molar-refractivity contribution in [2.45, 2.75) is 12.5 Å². The van der Waals surface area contributed by atoms with Gasteiger partial charge in [0.25, 0.3) is 5.91 Å². The zero-order valence-electron chi connectivity index (χ0n) is 13.5. The van der Waals surface area contributed by atoms with Gasteiger partial charge in [0.1, 0.15) is 0 Å². The Kier molecular flexibility index (Phi) is 6.82. The van der Waals surface area contributed by atoms with Crippen molar-refractivity contribution in [1.82, 2.24) is 16.2 Å². The number of hydrogen-bond acceptors (Lipinski definition) is 3. The average molecular weight is 395 g/mol. The van der Waals surface area contributed by atoms with Crippen LogP contribution in [0.4, 0.5) is 4.79 Å². The van der Waals surface area contributed by atoms with E-state index in [1.165, 1.54) is 12.1 Å². The first-order valence-corrected chi connectivity index (χ1v) is 8.27. The van der Waals surface area contributed by atoms with Crippen molar-refractivity contribution in [3.05, 3.63) is 69.7 Å². The molecule has 9 heteroatoms. The Hall–Kier alpha value is -2.77. The number of urea groups is 1. The van der Waals surface area contributed by atoms with Gasteiger partial charge < -0.3 is 11.1 Å². The second-order valence-corrected chi connectivity index (χ2v) is 6.15. The van der Waals surface area contributed by atoms with Crippen LogP contribution in [0.3, 0.4) is 0 Å². The van der Waals surface area contributed by atoms with Crippen LogP contribution in [-0.4, -0.2) is 17.8 Å².